The lowest BCUT2D eigenvalue weighted by molar-refractivity contribution is -0.159. The van der Waals surface area contributed by atoms with Crippen LogP contribution in [-0.4, -0.2) is 69.6 Å². The van der Waals surface area contributed by atoms with E-state index in [2.05, 4.69) is 63.7 Å². The molecule has 0 aliphatic rings. The summed E-state index contributed by atoms with van der Waals surface area (Å²) in [7, 11) is 0. The van der Waals surface area contributed by atoms with Crippen molar-refractivity contribution in [3.05, 3.63) is 0 Å². The van der Waals surface area contributed by atoms with E-state index < -0.39 is 48.6 Å². The van der Waals surface area contributed by atoms with Crippen molar-refractivity contribution in [1.29, 1.82) is 0 Å². The molecule has 0 aliphatic heterocycles. The first-order valence-electron chi connectivity index (χ1n) is 9.54. The van der Waals surface area contributed by atoms with Gasteiger partial charge in [0.1, 0.15) is 32.5 Å². The number of carbonyl (C=O) groups excluding carboxylic acids is 4. The van der Waals surface area contributed by atoms with Crippen LogP contribution in [-0.2, 0) is 38.1 Å². The van der Waals surface area contributed by atoms with Gasteiger partial charge in [-0.2, -0.15) is 0 Å². The Hall–Kier alpha value is -0.200. The molecule has 8 nitrogen and oxygen atoms in total. The second-order valence-electron chi connectivity index (χ2n) is 7.01. The van der Waals surface area contributed by atoms with Crippen molar-refractivity contribution in [2.24, 2.45) is 5.41 Å². The summed E-state index contributed by atoms with van der Waals surface area (Å²) in [6.07, 6.45) is 0.432. The van der Waals surface area contributed by atoms with Gasteiger partial charge in [-0.3, -0.25) is 19.2 Å². The van der Waals surface area contributed by atoms with Crippen molar-refractivity contribution < 1.29 is 38.1 Å². The summed E-state index contributed by atoms with van der Waals surface area (Å²) < 4.78 is 21.2. The number of hydrogen-bond donors (Lipinski definition) is 0. The van der Waals surface area contributed by atoms with Crippen LogP contribution in [0.1, 0.15) is 40.5 Å². The topological polar surface area (TPSA) is 105 Å². The first-order chi connectivity index (χ1) is 14.3. The summed E-state index contributed by atoms with van der Waals surface area (Å²) in [5.74, 6) is -1.90. The molecule has 0 bridgehead atoms. The average molecular weight is 704 g/mol. The van der Waals surface area contributed by atoms with E-state index in [0.29, 0.717) is 0 Å². The second-order valence-corrected chi connectivity index (χ2v) is 12.5. The van der Waals surface area contributed by atoms with Crippen molar-refractivity contribution in [2.75, 3.05) is 26.4 Å². The van der Waals surface area contributed by atoms with Crippen LogP contribution >= 0.6 is 63.7 Å². The lowest BCUT2D eigenvalue weighted by atomic mass is 9.83. The maximum absolute atomic E-state index is 12.0. The van der Waals surface area contributed by atoms with Gasteiger partial charge in [0.05, 0.1) is 13.2 Å². The van der Waals surface area contributed by atoms with Crippen LogP contribution in [0.25, 0.3) is 0 Å². The molecule has 0 aliphatic carbocycles. The first-order valence-corrected chi connectivity index (χ1v) is 13.2. The predicted molar refractivity (Wildman–Crippen MR) is 129 cm³/mol. The van der Waals surface area contributed by atoms with Crippen LogP contribution in [0.5, 0.6) is 0 Å². The Kier molecular flexibility index (Phi) is 15.5. The number of esters is 4. The Labute approximate surface area is 216 Å². The molecular formula is C19H28Br4O8. The van der Waals surface area contributed by atoms with Gasteiger partial charge in [-0.1, -0.05) is 63.7 Å². The van der Waals surface area contributed by atoms with Gasteiger partial charge in [-0.15, -0.1) is 0 Å². The number of carbonyl (C=O) groups is 4. The molecule has 0 saturated heterocycles. The third-order valence-corrected chi connectivity index (χ3v) is 5.59. The van der Waals surface area contributed by atoms with E-state index >= 15 is 0 Å². The fourth-order valence-electron chi connectivity index (χ4n) is 2.10. The third-order valence-electron chi connectivity index (χ3n) is 4.09. The zero-order valence-corrected chi connectivity index (χ0v) is 24.2. The van der Waals surface area contributed by atoms with Gasteiger partial charge in [0.25, 0.3) is 0 Å². The van der Waals surface area contributed by atoms with Crippen LogP contribution in [0.4, 0.5) is 0 Å². The summed E-state index contributed by atoms with van der Waals surface area (Å²) in [4.78, 5) is 45.6. The van der Waals surface area contributed by atoms with Gasteiger partial charge >= 0.3 is 23.9 Å². The number of ether oxygens (including phenoxy) is 4. The quantitative estimate of drug-likeness (QED) is 0.152. The highest BCUT2D eigenvalue weighted by atomic mass is 79.9. The molecule has 0 rings (SSSR count). The lowest BCUT2D eigenvalue weighted by Gasteiger charge is -2.33. The van der Waals surface area contributed by atoms with Crippen molar-refractivity contribution >= 4 is 87.6 Å². The molecular weight excluding hydrogens is 676 g/mol. The molecule has 0 saturated carbocycles. The van der Waals surface area contributed by atoms with Gasteiger partial charge in [0.15, 0.2) is 0 Å². The molecule has 4 atom stereocenters. The second kappa shape index (κ2) is 15.6. The summed E-state index contributed by atoms with van der Waals surface area (Å²) in [6, 6.07) is 0. The molecule has 180 valence electrons. The molecule has 4 unspecified atom stereocenters. The van der Waals surface area contributed by atoms with E-state index in [1.54, 1.807) is 27.7 Å². The summed E-state index contributed by atoms with van der Waals surface area (Å²) >= 11 is 12.6. The van der Waals surface area contributed by atoms with Crippen LogP contribution in [0.2, 0.25) is 0 Å². The standard InChI is InChI=1S/C19H28Br4O8/c1-11(20)15(24)28-7-5-19(9-30-17(26)13(3)22,10-31-18(27)14(4)23)6-8-29-16(25)12(2)21/h11-14H,5-10H2,1-4H3. The highest BCUT2D eigenvalue weighted by molar-refractivity contribution is 9.10. The molecule has 0 heterocycles. The molecule has 0 fully saturated rings. The fourth-order valence-corrected chi connectivity index (χ4v) is 2.63. The first kappa shape index (κ1) is 30.8. The Morgan fingerprint density at radius 1 is 0.581 bits per heavy atom. The highest BCUT2D eigenvalue weighted by Crippen LogP contribution is 2.30. The minimum atomic E-state index is -0.930. The van der Waals surface area contributed by atoms with Crippen LogP contribution in [0.3, 0.4) is 0 Å². The molecule has 0 spiro atoms. The number of hydrogen-bond acceptors (Lipinski definition) is 8. The van der Waals surface area contributed by atoms with Gasteiger partial charge in [-0.25, -0.2) is 0 Å². The minimum Gasteiger partial charge on any atom is -0.465 e. The zero-order chi connectivity index (χ0) is 24.2. The molecule has 0 aromatic heterocycles. The summed E-state index contributed by atoms with van der Waals surface area (Å²) in [5, 5.41) is 0. The van der Waals surface area contributed by atoms with E-state index in [1.165, 1.54) is 0 Å². The third kappa shape index (κ3) is 13.2. The van der Waals surface area contributed by atoms with Gasteiger partial charge in [0.2, 0.25) is 0 Å². The van der Waals surface area contributed by atoms with Gasteiger partial charge in [-0.05, 0) is 40.5 Å². The van der Waals surface area contributed by atoms with Crippen LogP contribution in [0.15, 0.2) is 0 Å². The van der Waals surface area contributed by atoms with E-state index in [1.807, 2.05) is 0 Å². The fraction of sp³-hybridized carbons (Fsp3) is 0.789. The van der Waals surface area contributed by atoms with Crippen molar-refractivity contribution in [2.45, 2.75) is 59.8 Å². The van der Waals surface area contributed by atoms with Crippen molar-refractivity contribution in [3.63, 3.8) is 0 Å². The summed E-state index contributed by atoms with van der Waals surface area (Å²) in [5.41, 5.74) is -0.930. The van der Waals surface area contributed by atoms with E-state index in [0.717, 1.165) is 0 Å². The van der Waals surface area contributed by atoms with Gasteiger partial charge in [0, 0.05) is 5.41 Å². The number of rotatable bonds is 14. The molecule has 31 heavy (non-hydrogen) atoms. The molecule has 0 N–H and O–H groups in total. The lowest BCUT2D eigenvalue weighted by Crippen LogP contribution is -2.39. The molecule has 0 amide bonds. The number of alkyl halides is 4. The van der Waals surface area contributed by atoms with Crippen LogP contribution < -0.4 is 0 Å². The van der Waals surface area contributed by atoms with Gasteiger partial charge < -0.3 is 18.9 Å². The van der Waals surface area contributed by atoms with Crippen molar-refractivity contribution in [1.82, 2.24) is 0 Å². The smallest absolute Gasteiger partial charge is 0.319 e. The highest BCUT2D eigenvalue weighted by Gasteiger charge is 2.35. The Morgan fingerprint density at radius 2 is 0.839 bits per heavy atom. The van der Waals surface area contributed by atoms with E-state index in [9.17, 15) is 19.2 Å². The minimum absolute atomic E-state index is 0.000397. The monoisotopic (exact) mass is 700 g/mol. The Morgan fingerprint density at radius 3 is 1.10 bits per heavy atom. The Bertz CT molecular complexity index is 556. The normalized spacial score (nSPS) is 16.8. The van der Waals surface area contributed by atoms with E-state index in [4.69, 9.17) is 18.9 Å². The molecule has 12 heteroatoms. The maximum atomic E-state index is 12.0. The van der Waals surface area contributed by atoms with E-state index in [-0.39, 0.29) is 39.3 Å². The molecule has 0 radical (unpaired) electrons. The Balaban J connectivity index is 5.47. The van der Waals surface area contributed by atoms with Crippen molar-refractivity contribution in [3.8, 4) is 0 Å². The SMILES string of the molecule is CC(Br)C(=O)OCCC(CCOC(=O)C(C)Br)(COC(=O)C(C)Br)COC(=O)C(C)Br. The largest absolute Gasteiger partial charge is 0.465 e. The molecule has 0 aromatic carbocycles. The zero-order valence-electron chi connectivity index (χ0n) is 17.8. The summed E-state index contributed by atoms with van der Waals surface area (Å²) in [6.45, 7) is 6.28. The molecule has 0 aromatic rings. The average Bonchev–Trinajstić information content (AvgIpc) is 2.69. The maximum Gasteiger partial charge on any atom is 0.319 e. The van der Waals surface area contributed by atoms with Crippen LogP contribution in [0, 0.1) is 5.41 Å². The predicted octanol–water partition coefficient (Wildman–Crippen LogP) is 4.06. The number of halogens is 4.